The smallest absolute Gasteiger partial charge is 0.241 e. The molecule has 0 atom stereocenters. The Morgan fingerprint density at radius 2 is 2.25 bits per heavy atom. The molecule has 0 aliphatic heterocycles. The Labute approximate surface area is 119 Å². The van der Waals surface area contributed by atoms with Crippen LogP contribution in [0.3, 0.4) is 0 Å². The Morgan fingerprint density at radius 1 is 1.35 bits per heavy atom. The molecule has 0 saturated heterocycles. The molecule has 3 rings (SSSR count). The van der Waals surface area contributed by atoms with E-state index in [1.54, 1.807) is 34.6 Å². The Morgan fingerprint density at radius 3 is 2.95 bits per heavy atom. The highest BCUT2D eigenvalue weighted by Crippen LogP contribution is 2.17. The third-order valence-electron chi connectivity index (χ3n) is 2.75. The molecule has 3 aromatic heterocycles. The summed E-state index contributed by atoms with van der Waals surface area (Å²) in [4.78, 5) is 17.7. The van der Waals surface area contributed by atoms with Crippen molar-refractivity contribution in [1.29, 1.82) is 0 Å². The number of aryl methyl sites for hydroxylation is 1. The van der Waals surface area contributed by atoms with Crippen LogP contribution in [0, 0.1) is 6.92 Å². The maximum atomic E-state index is 5.71. The lowest BCUT2D eigenvalue weighted by Crippen LogP contribution is -2.10. The minimum atomic E-state index is 0.175. The van der Waals surface area contributed by atoms with Gasteiger partial charge in [-0.1, -0.05) is 0 Å². The van der Waals surface area contributed by atoms with Crippen LogP contribution in [-0.4, -0.2) is 24.5 Å². The number of aromatic nitrogens is 5. The van der Waals surface area contributed by atoms with Crippen LogP contribution in [0.4, 0.5) is 11.9 Å². The maximum Gasteiger partial charge on any atom is 0.241 e. The fourth-order valence-electron chi connectivity index (χ4n) is 1.70. The largest absolute Gasteiger partial charge is 0.368 e. The van der Waals surface area contributed by atoms with E-state index in [0.29, 0.717) is 18.4 Å². The molecular formula is C12H13N7S. The minimum absolute atomic E-state index is 0.175. The highest BCUT2D eigenvalue weighted by Gasteiger charge is 2.07. The molecule has 102 valence electrons. The predicted octanol–water partition coefficient (Wildman–Crippen LogP) is 1.62. The van der Waals surface area contributed by atoms with E-state index in [1.165, 1.54) is 10.4 Å². The summed E-state index contributed by atoms with van der Waals surface area (Å²) >= 11 is 1.69. The summed E-state index contributed by atoms with van der Waals surface area (Å²) in [5, 5.41) is 5.23. The van der Waals surface area contributed by atoms with Crippen molar-refractivity contribution < 1.29 is 0 Å². The van der Waals surface area contributed by atoms with Gasteiger partial charge in [-0.15, -0.1) is 11.3 Å². The first-order chi connectivity index (χ1) is 9.72. The summed E-state index contributed by atoms with van der Waals surface area (Å²) in [6.45, 7) is 2.74. The van der Waals surface area contributed by atoms with E-state index in [-0.39, 0.29) is 5.95 Å². The first-order valence-corrected chi connectivity index (χ1v) is 6.87. The third-order valence-corrected chi connectivity index (χ3v) is 3.77. The number of thiophene rings is 1. The molecule has 3 heterocycles. The lowest BCUT2D eigenvalue weighted by molar-refractivity contribution is 0.896. The van der Waals surface area contributed by atoms with Crippen LogP contribution in [-0.2, 0) is 6.54 Å². The first-order valence-electron chi connectivity index (χ1n) is 5.99. The monoisotopic (exact) mass is 287 g/mol. The van der Waals surface area contributed by atoms with E-state index in [0.717, 1.165) is 0 Å². The highest BCUT2D eigenvalue weighted by atomic mass is 32.1. The first kappa shape index (κ1) is 12.5. The molecule has 3 aromatic rings. The summed E-state index contributed by atoms with van der Waals surface area (Å²) < 4.78 is 1.68. The molecule has 0 aromatic carbocycles. The molecule has 0 aliphatic carbocycles. The van der Waals surface area contributed by atoms with Crippen molar-refractivity contribution in [2.45, 2.75) is 13.5 Å². The van der Waals surface area contributed by atoms with Crippen molar-refractivity contribution in [2.24, 2.45) is 0 Å². The molecule has 20 heavy (non-hydrogen) atoms. The van der Waals surface area contributed by atoms with E-state index in [2.05, 4.69) is 43.6 Å². The van der Waals surface area contributed by atoms with Crippen molar-refractivity contribution >= 4 is 23.2 Å². The van der Waals surface area contributed by atoms with E-state index in [9.17, 15) is 0 Å². The van der Waals surface area contributed by atoms with Crippen LogP contribution >= 0.6 is 11.3 Å². The lowest BCUT2D eigenvalue weighted by Gasteiger charge is -2.07. The normalized spacial score (nSPS) is 10.7. The summed E-state index contributed by atoms with van der Waals surface area (Å²) in [5.74, 6) is 1.07. The SMILES string of the molecule is Cc1ccsc1CNc1nc(N)nc(-n2ccnc2)n1. The fraction of sp³-hybridized carbons (Fsp3) is 0.167. The van der Waals surface area contributed by atoms with Crippen LogP contribution in [0.15, 0.2) is 30.2 Å². The van der Waals surface area contributed by atoms with Crippen molar-refractivity contribution in [3.05, 3.63) is 40.6 Å². The molecule has 0 spiro atoms. The zero-order valence-electron chi connectivity index (χ0n) is 10.8. The fourth-order valence-corrected chi connectivity index (χ4v) is 2.54. The number of hydrogen-bond acceptors (Lipinski definition) is 7. The molecule has 0 fully saturated rings. The van der Waals surface area contributed by atoms with E-state index in [4.69, 9.17) is 5.73 Å². The third kappa shape index (κ3) is 2.59. The molecule has 0 radical (unpaired) electrons. The van der Waals surface area contributed by atoms with E-state index < -0.39 is 0 Å². The van der Waals surface area contributed by atoms with Crippen LogP contribution in [0.25, 0.3) is 5.95 Å². The number of anilines is 2. The van der Waals surface area contributed by atoms with Gasteiger partial charge < -0.3 is 11.1 Å². The van der Waals surface area contributed by atoms with Gasteiger partial charge in [-0.2, -0.15) is 15.0 Å². The Balaban J connectivity index is 1.81. The highest BCUT2D eigenvalue weighted by molar-refractivity contribution is 7.10. The van der Waals surface area contributed by atoms with Crippen LogP contribution in [0.5, 0.6) is 0 Å². The number of rotatable bonds is 4. The minimum Gasteiger partial charge on any atom is -0.368 e. The second-order valence-corrected chi connectivity index (χ2v) is 5.17. The zero-order valence-corrected chi connectivity index (χ0v) is 11.6. The van der Waals surface area contributed by atoms with Gasteiger partial charge in [-0.3, -0.25) is 4.57 Å². The van der Waals surface area contributed by atoms with Crippen LogP contribution in [0.1, 0.15) is 10.4 Å². The topological polar surface area (TPSA) is 94.5 Å². The van der Waals surface area contributed by atoms with Gasteiger partial charge in [0.1, 0.15) is 6.33 Å². The summed E-state index contributed by atoms with van der Waals surface area (Å²) in [5.41, 5.74) is 6.96. The van der Waals surface area contributed by atoms with E-state index in [1.807, 2.05) is 0 Å². The Kier molecular flexibility index (Phi) is 3.30. The van der Waals surface area contributed by atoms with Crippen molar-refractivity contribution in [1.82, 2.24) is 24.5 Å². The maximum absolute atomic E-state index is 5.71. The number of nitrogen functional groups attached to an aromatic ring is 1. The predicted molar refractivity (Wildman–Crippen MR) is 77.7 cm³/mol. The lowest BCUT2D eigenvalue weighted by atomic mass is 10.3. The Hall–Kier alpha value is -2.48. The zero-order chi connectivity index (χ0) is 13.9. The van der Waals surface area contributed by atoms with Gasteiger partial charge in [0.2, 0.25) is 17.8 Å². The van der Waals surface area contributed by atoms with Crippen LogP contribution < -0.4 is 11.1 Å². The average molecular weight is 287 g/mol. The molecule has 8 heteroatoms. The Bertz CT molecular complexity index is 704. The molecular weight excluding hydrogens is 274 g/mol. The van der Waals surface area contributed by atoms with Crippen molar-refractivity contribution in [2.75, 3.05) is 11.1 Å². The van der Waals surface area contributed by atoms with Gasteiger partial charge in [-0.05, 0) is 23.9 Å². The molecule has 7 nitrogen and oxygen atoms in total. The summed E-state index contributed by atoms with van der Waals surface area (Å²) in [7, 11) is 0. The van der Waals surface area contributed by atoms with Crippen molar-refractivity contribution in [3.63, 3.8) is 0 Å². The number of nitrogens with two attached hydrogens (primary N) is 1. The summed E-state index contributed by atoms with van der Waals surface area (Å²) in [6, 6.07) is 2.08. The second-order valence-electron chi connectivity index (χ2n) is 4.17. The molecule has 0 amide bonds. The van der Waals surface area contributed by atoms with Crippen molar-refractivity contribution in [3.8, 4) is 5.95 Å². The van der Waals surface area contributed by atoms with Gasteiger partial charge in [0, 0.05) is 17.3 Å². The average Bonchev–Trinajstić information content (AvgIpc) is 3.07. The molecule has 0 saturated carbocycles. The number of hydrogen-bond donors (Lipinski definition) is 2. The van der Waals surface area contributed by atoms with Gasteiger partial charge in [-0.25, -0.2) is 4.98 Å². The van der Waals surface area contributed by atoms with E-state index >= 15 is 0 Å². The molecule has 0 unspecified atom stereocenters. The van der Waals surface area contributed by atoms with Gasteiger partial charge >= 0.3 is 0 Å². The second kappa shape index (κ2) is 5.25. The van der Waals surface area contributed by atoms with Gasteiger partial charge in [0.05, 0.1) is 6.54 Å². The van der Waals surface area contributed by atoms with Crippen LogP contribution in [0.2, 0.25) is 0 Å². The summed E-state index contributed by atoms with van der Waals surface area (Å²) in [6.07, 6.45) is 5.02. The molecule has 0 bridgehead atoms. The van der Waals surface area contributed by atoms with Gasteiger partial charge in [0.15, 0.2) is 0 Å². The number of imidazole rings is 1. The number of nitrogens with zero attached hydrogens (tertiary/aromatic N) is 5. The quantitative estimate of drug-likeness (QED) is 0.757. The number of nitrogens with one attached hydrogen (secondary N) is 1. The standard InChI is InChI=1S/C12H13N7S/c1-8-2-5-20-9(8)6-15-11-16-10(13)17-12(18-11)19-4-3-14-7-19/h2-5,7H,6H2,1H3,(H3,13,15,16,17,18). The van der Waals surface area contributed by atoms with Gasteiger partial charge in [0.25, 0.3) is 0 Å². The molecule has 3 N–H and O–H groups in total. The molecule has 0 aliphatic rings.